The van der Waals surface area contributed by atoms with Crippen LogP contribution in [0, 0.1) is 0 Å². The number of rotatable bonds is 5. The first-order chi connectivity index (χ1) is 10.2. The van der Waals surface area contributed by atoms with Crippen LogP contribution in [0.5, 0.6) is 0 Å². The second kappa shape index (κ2) is 7.19. The van der Waals surface area contributed by atoms with Crippen LogP contribution in [0.4, 0.5) is 0 Å². The van der Waals surface area contributed by atoms with Gasteiger partial charge < -0.3 is 10.6 Å². The summed E-state index contributed by atoms with van der Waals surface area (Å²) in [6, 6.07) is 11.9. The molecule has 1 aromatic heterocycles. The van der Waals surface area contributed by atoms with E-state index in [4.69, 9.17) is 0 Å². The quantitative estimate of drug-likeness (QED) is 0.874. The third-order valence-electron chi connectivity index (χ3n) is 2.99. The van der Waals surface area contributed by atoms with Gasteiger partial charge in [-0.25, -0.2) is 0 Å². The largest absolute Gasteiger partial charge is 0.350 e. The molecule has 1 heterocycles. The molecule has 0 saturated carbocycles. The van der Waals surface area contributed by atoms with Gasteiger partial charge in [0.1, 0.15) is 6.04 Å². The minimum absolute atomic E-state index is 0.226. The monoisotopic (exact) mass is 283 g/mol. The molecule has 5 heteroatoms. The Hall–Kier alpha value is -2.69. The van der Waals surface area contributed by atoms with E-state index in [1.165, 1.54) is 0 Å². The Kier molecular flexibility index (Phi) is 5.04. The molecule has 0 radical (unpaired) electrons. The summed E-state index contributed by atoms with van der Waals surface area (Å²) in [6.07, 6.45) is 3.34. The molecule has 0 saturated heterocycles. The fraction of sp³-hybridized carbons (Fsp3) is 0.188. The third kappa shape index (κ3) is 4.42. The van der Waals surface area contributed by atoms with Gasteiger partial charge in [-0.1, -0.05) is 18.2 Å². The highest BCUT2D eigenvalue weighted by Crippen LogP contribution is 1.99. The highest BCUT2D eigenvalue weighted by atomic mass is 16.2. The smallest absolute Gasteiger partial charge is 0.251 e. The number of hydrogen-bond donors (Lipinski definition) is 2. The molecule has 1 atom stereocenters. The van der Waals surface area contributed by atoms with E-state index >= 15 is 0 Å². The van der Waals surface area contributed by atoms with Crippen LogP contribution in [0.3, 0.4) is 0 Å². The number of carbonyl (C=O) groups is 2. The average Bonchev–Trinajstić information content (AvgIpc) is 2.54. The summed E-state index contributed by atoms with van der Waals surface area (Å²) in [5, 5.41) is 5.44. The molecule has 0 bridgehead atoms. The van der Waals surface area contributed by atoms with Crippen molar-refractivity contribution in [3.63, 3.8) is 0 Å². The lowest BCUT2D eigenvalue weighted by Crippen LogP contribution is -2.44. The molecule has 0 spiro atoms. The van der Waals surface area contributed by atoms with Crippen molar-refractivity contribution in [1.82, 2.24) is 15.6 Å². The maximum absolute atomic E-state index is 11.9. The van der Waals surface area contributed by atoms with Crippen molar-refractivity contribution in [1.29, 1.82) is 0 Å². The molecule has 5 nitrogen and oxygen atoms in total. The summed E-state index contributed by atoms with van der Waals surface area (Å²) in [7, 11) is 0. The third-order valence-corrected chi connectivity index (χ3v) is 2.99. The Morgan fingerprint density at radius 3 is 2.43 bits per heavy atom. The molecule has 108 valence electrons. The van der Waals surface area contributed by atoms with E-state index in [0.29, 0.717) is 12.1 Å². The first-order valence-electron chi connectivity index (χ1n) is 6.69. The number of nitrogens with one attached hydrogen (secondary N) is 2. The molecule has 2 rings (SSSR count). The first kappa shape index (κ1) is 14.7. The van der Waals surface area contributed by atoms with Gasteiger partial charge in [0.15, 0.2) is 0 Å². The molecular formula is C16H17N3O2. The summed E-state index contributed by atoms with van der Waals surface area (Å²) in [5.41, 5.74) is 1.49. The normalized spacial score (nSPS) is 11.5. The number of aromatic nitrogens is 1. The lowest BCUT2D eigenvalue weighted by atomic mass is 10.2. The van der Waals surface area contributed by atoms with Crippen molar-refractivity contribution < 1.29 is 9.59 Å². The zero-order valence-electron chi connectivity index (χ0n) is 11.7. The molecule has 0 aliphatic carbocycles. The van der Waals surface area contributed by atoms with Gasteiger partial charge in [-0.15, -0.1) is 0 Å². The topological polar surface area (TPSA) is 71.1 Å². The summed E-state index contributed by atoms with van der Waals surface area (Å²) >= 11 is 0. The van der Waals surface area contributed by atoms with E-state index < -0.39 is 6.04 Å². The van der Waals surface area contributed by atoms with E-state index in [1.807, 2.05) is 18.2 Å². The second-order valence-electron chi connectivity index (χ2n) is 4.63. The molecule has 1 aromatic carbocycles. The molecule has 1 unspecified atom stereocenters. The highest BCUT2D eigenvalue weighted by molar-refractivity contribution is 5.97. The molecule has 0 fully saturated rings. The zero-order chi connectivity index (χ0) is 15.1. The van der Waals surface area contributed by atoms with Crippen LogP contribution in [-0.4, -0.2) is 22.8 Å². The minimum atomic E-state index is -0.598. The van der Waals surface area contributed by atoms with Gasteiger partial charge in [0.2, 0.25) is 5.91 Å². The zero-order valence-corrected chi connectivity index (χ0v) is 11.7. The molecule has 21 heavy (non-hydrogen) atoms. The molecular weight excluding hydrogens is 266 g/mol. The van der Waals surface area contributed by atoms with E-state index in [9.17, 15) is 9.59 Å². The summed E-state index contributed by atoms with van der Waals surface area (Å²) in [6.45, 7) is 2.07. The Morgan fingerprint density at radius 2 is 1.76 bits per heavy atom. The van der Waals surface area contributed by atoms with Crippen molar-refractivity contribution in [3.05, 3.63) is 66.0 Å². The van der Waals surface area contributed by atoms with Crippen LogP contribution in [-0.2, 0) is 11.3 Å². The van der Waals surface area contributed by atoms with E-state index in [1.54, 1.807) is 43.6 Å². The lowest BCUT2D eigenvalue weighted by Gasteiger charge is -2.14. The van der Waals surface area contributed by atoms with Crippen molar-refractivity contribution in [2.45, 2.75) is 19.5 Å². The van der Waals surface area contributed by atoms with Crippen LogP contribution in [0.25, 0.3) is 0 Å². The number of hydrogen-bond acceptors (Lipinski definition) is 3. The van der Waals surface area contributed by atoms with Crippen LogP contribution in [0.1, 0.15) is 22.8 Å². The van der Waals surface area contributed by atoms with Crippen molar-refractivity contribution in [2.24, 2.45) is 0 Å². The van der Waals surface area contributed by atoms with Crippen molar-refractivity contribution in [3.8, 4) is 0 Å². The number of pyridine rings is 1. The molecule has 2 aromatic rings. The van der Waals surface area contributed by atoms with E-state index in [-0.39, 0.29) is 11.8 Å². The lowest BCUT2D eigenvalue weighted by molar-refractivity contribution is -0.122. The Balaban J connectivity index is 1.84. The van der Waals surface area contributed by atoms with Gasteiger partial charge in [0.05, 0.1) is 0 Å². The Morgan fingerprint density at radius 1 is 1.10 bits per heavy atom. The fourth-order valence-electron chi connectivity index (χ4n) is 1.78. The van der Waals surface area contributed by atoms with Gasteiger partial charge in [-0.3, -0.25) is 14.6 Å². The predicted octanol–water partition coefficient (Wildman–Crippen LogP) is 1.52. The molecule has 0 aliphatic heterocycles. The van der Waals surface area contributed by atoms with Gasteiger partial charge in [-0.2, -0.15) is 0 Å². The van der Waals surface area contributed by atoms with Gasteiger partial charge in [0, 0.05) is 24.5 Å². The first-order valence-corrected chi connectivity index (χ1v) is 6.69. The maximum Gasteiger partial charge on any atom is 0.251 e. The van der Waals surface area contributed by atoms with Crippen molar-refractivity contribution >= 4 is 11.8 Å². The molecule has 2 amide bonds. The number of benzene rings is 1. The van der Waals surface area contributed by atoms with Crippen molar-refractivity contribution in [2.75, 3.05) is 0 Å². The Labute approximate surface area is 123 Å². The highest BCUT2D eigenvalue weighted by Gasteiger charge is 2.15. The maximum atomic E-state index is 11.9. The molecule has 0 aliphatic rings. The number of nitrogens with zero attached hydrogens (tertiary/aromatic N) is 1. The fourth-order valence-corrected chi connectivity index (χ4v) is 1.78. The number of amides is 2. The van der Waals surface area contributed by atoms with Crippen LogP contribution in [0.2, 0.25) is 0 Å². The number of carbonyl (C=O) groups excluding carboxylic acids is 2. The Bertz CT molecular complexity index is 599. The second-order valence-corrected chi connectivity index (χ2v) is 4.63. The predicted molar refractivity (Wildman–Crippen MR) is 79.5 cm³/mol. The summed E-state index contributed by atoms with van der Waals surface area (Å²) in [5.74, 6) is -0.488. The van der Waals surface area contributed by atoms with Gasteiger partial charge in [-0.05, 0) is 36.8 Å². The van der Waals surface area contributed by atoms with Gasteiger partial charge >= 0.3 is 0 Å². The standard InChI is InChI=1S/C16H17N3O2/c1-12(19-16(21)14-5-3-2-4-6-14)15(20)18-11-13-7-9-17-10-8-13/h2-10,12H,11H2,1H3,(H,18,20)(H,19,21). The average molecular weight is 283 g/mol. The summed E-state index contributed by atoms with van der Waals surface area (Å²) < 4.78 is 0. The molecule has 2 N–H and O–H groups in total. The SMILES string of the molecule is CC(NC(=O)c1ccccc1)C(=O)NCc1ccncc1. The minimum Gasteiger partial charge on any atom is -0.350 e. The van der Waals surface area contributed by atoms with E-state index in [0.717, 1.165) is 5.56 Å². The summed E-state index contributed by atoms with van der Waals surface area (Å²) in [4.78, 5) is 27.8. The van der Waals surface area contributed by atoms with Crippen LogP contribution < -0.4 is 10.6 Å². The van der Waals surface area contributed by atoms with E-state index in [2.05, 4.69) is 15.6 Å². The van der Waals surface area contributed by atoms with Crippen LogP contribution >= 0.6 is 0 Å². The van der Waals surface area contributed by atoms with Crippen LogP contribution in [0.15, 0.2) is 54.9 Å². The van der Waals surface area contributed by atoms with Gasteiger partial charge in [0.25, 0.3) is 5.91 Å².